The van der Waals surface area contributed by atoms with E-state index in [2.05, 4.69) is 24.0 Å². The molecule has 3 atom stereocenters. The van der Waals surface area contributed by atoms with E-state index < -0.39 is 0 Å². The first-order valence-corrected chi connectivity index (χ1v) is 4.59. The van der Waals surface area contributed by atoms with Gasteiger partial charge in [0, 0.05) is 12.6 Å². The fourth-order valence-corrected chi connectivity index (χ4v) is 1.66. The van der Waals surface area contributed by atoms with Gasteiger partial charge in [0.1, 0.15) is 6.29 Å². The van der Waals surface area contributed by atoms with Crippen LogP contribution in [-0.4, -0.2) is 23.8 Å². The van der Waals surface area contributed by atoms with Crippen molar-refractivity contribution in [1.29, 1.82) is 0 Å². The number of carbonyl (C=O) groups excluding carboxylic acids is 1. The highest BCUT2D eigenvalue weighted by molar-refractivity contribution is 5.62. The molecule has 2 rings (SSSR count). The molecule has 1 heterocycles. The van der Waals surface area contributed by atoms with Gasteiger partial charge in [0.05, 0.1) is 6.04 Å². The molecule has 0 aromatic heterocycles. The van der Waals surface area contributed by atoms with Crippen LogP contribution in [0.3, 0.4) is 0 Å². The molecule has 1 aromatic rings. The highest BCUT2D eigenvalue weighted by Gasteiger charge is 2.37. The predicted octanol–water partition coefficient (Wildman–Crippen LogP) is 1.63. The molecular formula is C11H13NO. The number of hydrogen-bond acceptors (Lipinski definition) is 2. The average molecular weight is 175 g/mol. The summed E-state index contributed by atoms with van der Waals surface area (Å²) in [7, 11) is 0. The molecule has 0 aliphatic carbocycles. The van der Waals surface area contributed by atoms with Crippen molar-refractivity contribution in [2.45, 2.75) is 19.0 Å². The van der Waals surface area contributed by atoms with E-state index in [0.717, 1.165) is 12.8 Å². The molecule has 0 amide bonds. The topological polar surface area (TPSA) is 20.1 Å². The first-order valence-electron chi connectivity index (χ1n) is 4.59. The minimum absolute atomic E-state index is 0.162. The lowest BCUT2D eigenvalue weighted by molar-refractivity contribution is -0.108. The Hall–Kier alpha value is -1.15. The van der Waals surface area contributed by atoms with Crippen LogP contribution in [0.5, 0.6) is 0 Å². The summed E-state index contributed by atoms with van der Waals surface area (Å²) in [4.78, 5) is 12.7. The zero-order chi connectivity index (χ0) is 9.26. The van der Waals surface area contributed by atoms with Gasteiger partial charge in [0.2, 0.25) is 0 Å². The third-order valence-corrected chi connectivity index (χ3v) is 2.63. The van der Waals surface area contributed by atoms with Crippen molar-refractivity contribution in [2.75, 3.05) is 6.54 Å². The number of rotatable bonds is 3. The van der Waals surface area contributed by atoms with E-state index in [1.165, 1.54) is 5.56 Å². The van der Waals surface area contributed by atoms with Crippen molar-refractivity contribution in [3.05, 3.63) is 35.9 Å². The van der Waals surface area contributed by atoms with E-state index in [1.54, 1.807) is 0 Å². The molecule has 1 aromatic carbocycles. The van der Waals surface area contributed by atoms with E-state index in [1.807, 2.05) is 18.2 Å². The third-order valence-electron chi connectivity index (χ3n) is 2.63. The van der Waals surface area contributed by atoms with E-state index in [0.29, 0.717) is 6.04 Å². The monoisotopic (exact) mass is 175 g/mol. The van der Waals surface area contributed by atoms with Gasteiger partial charge in [-0.1, -0.05) is 30.3 Å². The van der Waals surface area contributed by atoms with Crippen LogP contribution in [0.15, 0.2) is 30.3 Å². The van der Waals surface area contributed by atoms with Crippen LogP contribution in [0.2, 0.25) is 0 Å². The summed E-state index contributed by atoms with van der Waals surface area (Å²) in [6.45, 7) is 3.05. The van der Waals surface area contributed by atoms with Crippen LogP contribution in [-0.2, 0) is 4.79 Å². The zero-order valence-corrected chi connectivity index (χ0v) is 7.68. The van der Waals surface area contributed by atoms with E-state index >= 15 is 0 Å². The first kappa shape index (κ1) is 8.45. The Bertz CT molecular complexity index is 296. The molecule has 68 valence electrons. The Kier molecular flexibility index (Phi) is 2.15. The Balaban J connectivity index is 2.07. The van der Waals surface area contributed by atoms with Crippen LogP contribution in [0, 0.1) is 0 Å². The smallest absolute Gasteiger partial charge is 0.138 e. The second kappa shape index (κ2) is 3.30. The van der Waals surface area contributed by atoms with Gasteiger partial charge in [-0.3, -0.25) is 4.90 Å². The summed E-state index contributed by atoms with van der Waals surface area (Å²) in [5, 5.41) is 0. The molecule has 13 heavy (non-hydrogen) atoms. The van der Waals surface area contributed by atoms with Gasteiger partial charge >= 0.3 is 0 Å². The molecule has 1 saturated heterocycles. The standard InChI is InChI=1S/C11H13NO/c1-9(12-7-11(12)8-13)10-5-3-2-4-6-10/h2-6,8-9,11H,7H2,1H3/t9-,11+,12?/m0/s1. The lowest BCUT2D eigenvalue weighted by Crippen LogP contribution is -2.08. The van der Waals surface area contributed by atoms with Crippen molar-refractivity contribution in [2.24, 2.45) is 0 Å². The Morgan fingerprint density at radius 2 is 2.15 bits per heavy atom. The summed E-state index contributed by atoms with van der Waals surface area (Å²) >= 11 is 0. The van der Waals surface area contributed by atoms with Gasteiger partial charge in [-0.05, 0) is 12.5 Å². The van der Waals surface area contributed by atoms with Crippen LogP contribution in [0.25, 0.3) is 0 Å². The van der Waals surface area contributed by atoms with Crippen molar-refractivity contribution < 1.29 is 4.79 Å². The molecule has 2 heteroatoms. The summed E-state index contributed by atoms with van der Waals surface area (Å²) in [5.41, 5.74) is 1.28. The molecular weight excluding hydrogens is 162 g/mol. The lowest BCUT2D eigenvalue weighted by Gasteiger charge is -2.12. The molecule has 2 nitrogen and oxygen atoms in total. The lowest BCUT2D eigenvalue weighted by atomic mass is 10.1. The van der Waals surface area contributed by atoms with Crippen LogP contribution >= 0.6 is 0 Å². The van der Waals surface area contributed by atoms with E-state index in [4.69, 9.17) is 0 Å². The Labute approximate surface area is 78.2 Å². The summed E-state index contributed by atoms with van der Waals surface area (Å²) in [6, 6.07) is 10.8. The molecule has 0 saturated carbocycles. The first-order chi connectivity index (χ1) is 6.33. The number of hydrogen-bond donors (Lipinski definition) is 0. The van der Waals surface area contributed by atoms with Crippen LogP contribution in [0.4, 0.5) is 0 Å². The number of nitrogens with zero attached hydrogens (tertiary/aromatic N) is 1. The average Bonchev–Trinajstić information content (AvgIpc) is 2.97. The van der Waals surface area contributed by atoms with E-state index in [9.17, 15) is 4.79 Å². The second-order valence-corrected chi connectivity index (χ2v) is 3.49. The van der Waals surface area contributed by atoms with Gasteiger partial charge in [-0.2, -0.15) is 0 Å². The van der Waals surface area contributed by atoms with Gasteiger partial charge < -0.3 is 4.79 Å². The molecule has 0 spiro atoms. The normalized spacial score (nSPS) is 28.1. The summed E-state index contributed by atoms with van der Waals surface area (Å²) < 4.78 is 0. The molecule has 1 aliphatic rings. The minimum Gasteiger partial charge on any atom is -0.302 e. The highest BCUT2D eigenvalue weighted by atomic mass is 16.1. The second-order valence-electron chi connectivity index (χ2n) is 3.49. The maximum Gasteiger partial charge on any atom is 0.138 e. The van der Waals surface area contributed by atoms with Gasteiger partial charge in [-0.15, -0.1) is 0 Å². The van der Waals surface area contributed by atoms with Crippen LogP contribution < -0.4 is 0 Å². The van der Waals surface area contributed by atoms with Crippen molar-refractivity contribution in [3.8, 4) is 0 Å². The summed E-state index contributed by atoms with van der Waals surface area (Å²) in [6.07, 6.45) is 1.03. The Morgan fingerprint density at radius 3 is 2.69 bits per heavy atom. The largest absolute Gasteiger partial charge is 0.302 e. The third kappa shape index (κ3) is 1.63. The molecule has 1 fully saturated rings. The van der Waals surface area contributed by atoms with Crippen molar-refractivity contribution in [3.63, 3.8) is 0 Å². The quantitative estimate of drug-likeness (QED) is 0.514. The molecule has 0 bridgehead atoms. The molecule has 1 aliphatic heterocycles. The van der Waals surface area contributed by atoms with Gasteiger partial charge in [0.25, 0.3) is 0 Å². The molecule has 0 radical (unpaired) electrons. The van der Waals surface area contributed by atoms with Crippen LogP contribution in [0.1, 0.15) is 18.5 Å². The minimum atomic E-state index is 0.162. The number of benzene rings is 1. The SMILES string of the molecule is C[C@@H](c1ccccc1)N1C[C@@H]1C=O. The predicted molar refractivity (Wildman–Crippen MR) is 51.4 cm³/mol. The fraction of sp³-hybridized carbons (Fsp3) is 0.364. The maximum absolute atomic E-state index is 10.5. The highest BCUT2D eigenvalue weighted by Crippen LogP contribution is 2.30. The van der Waals surface area contributed by atoms with Crippen molar-refractivity contribution >= 4 is 6.29 Å². The van der Waals surface area contributed by atoms with Gasteiger partial charge in [-0.25, -0.2) is 0 Å². The number of carbonyl (C=O) groups is 1. The zero-order valence-electron chi connectivity index (χ0n) is 7.68. The molecule has 1 unspecified atom stereocenters. The molecule has 0 N–H and O–H groups in total. The number of aldehydes is 1. The summed E-state index contributed by atoms with van der Waals surface area (Å²) in [5.74, 6) is 0. The van der Waals surface area contributed by atoms with Crippen molar-refractivity contribution in [1.82, 2.24) is 4.90 Å². The Morgan fingerprint density at radius 1 is 1.46 bits per heavy atom. The fourth-order valence-electron chi connectivity index (χ4n) is 1.66. The van der Waals surface area contributed by atoms with Gasteiger partial charge in [0.15, 0.2) is 0 Å². The van der Waals surface area contributed by atoms with E-state index in [-0.39, 0.29) is 6.04 Å². The maximum atomic E-state index is 10.5.